The number of hydrogen-bond donors (Lipinski definition) is 3. The monoisotopic (exact) mass is 349 g/mol. The van der Waals surface area contributed by atoms with Crippen molar-refractivity contribution in [3.63, 3.8) is 0 Å². The van der Waals surface area contributed by atoms with Crippen molar-refractivity contribution in [3.8, 4) is 0 Å². The molecule has 3 N–H and O–H groups in total. The average molecular weight is 349 g/mol. The maximum Gasteiger partial charge on any atom is 0.325 e. The summed E-state index contributed by atoms with van der Waals surface area (Å²) >= 11 is 0. The largest absolute Gasteiger partial charge is 0.454 e. The van der Waals surface area contributed by atoms with Crippen LogP contribution in [0.15, 0.2) is 18.2 Å². The van der Waals surface area contributed by atoms with Gasteiger partial charge in [-0.3, -0.25) is 19.2 Å². The van der Waals surface area contributed by atoms with Gasteiger partial charge in [0.15, 0.2) is 6.61 Å². The van der Waals surface area contributed by atoms with Gasteiger partial charge in [0.1, 0.15) is 6.54 Å². The summed E-state index contributed by atoms with van der Waals surface area (Å²) in [6.07, 6.45) is 0. The second-order valence-electron chi connectivity index (χ2n) is 5.37. The van der Waals surface area contributed by atoms with Gasteiger partial charge in [-0.15, -0.1) is 0 Å². The van der Waals surface area contributed by atoms with Crippen LogP contribution in [0.2, 0.25) is 0 Å². The first-order valence-corrected chi connectivity index (χ1v) is 7.88. The number of hydrogen-bond acceptors (Lipinski definition) is 5. The molecule has 0 aromatic heterocycles. The molecule has 0 aliphatic carbocycles. The minimum atomic E-state index is -0.745. The van der Waals surface area contributed by atoms with Crippen LogP contribution in [0, 0.1) is 13.8 Å². The Balaban J connectivity index is 2.30. The van der Waals surface area contributed by atoms with Crippen LogP contribution in [0.3, 0.4) is 0 Å². The molecule has 0 atom stereocenters. The molecule has 0 aliphatic heterocycles. The molecule has 1 rings (SSSR count). The number of amides is 3. The van der Waals surface area contributed by atoms with E-state index in [0.717, 1.165) is 11.1 Å². The van der Waals surface area contributed by atoms with E-state index in [4.69, 9.17) is 4.74 Å². The number of ether oxygens (including phenoxy) is 1. The molecule has 0 unspecified atom stereocenters. The Kier molecular flexibility index (Phi) is 8.11. The lowest BCUT2D eigenvalue weighted by atomic mass is 10.1. The molecule has 1 aromatic rings. The highest BCUT2D eigenvalue weighted by molar-refractivity contribution is 5.96. The minimum Gasteiger partial charge on any atom is -0.454 e. The van der Waals surface area contributed by atoms with Crippen LogP contribution in [0.1, 0.15) is 28.4 Å². The smallest absolute Gasteiger partial charge is 0.325 e. The van der Waals surface area contributed by atoms with Crippen LogP contribution >= 0.6 is 0 Å². The molecule has 1 aromatic carbocycles. The molecule has 0 aliphatic rings. The third-order valence-electron chi connectivity index (χ3n) is 3.35. The van der Waals surface area contributed by atoms with Gasteiger partial charge >= 0.3 is 5.97 Å². The third-order valence-corrected chi connectivity index (χ3v) is 3.35. The van der Waals surface area contributed by atoms with E-state index in [-0.39, 0.29) is 19.0 Å². The van der Waals surface area contributed by atoms with Gasteiger partial charge in [0, 0.05) is 12.1 Å². The second-order valence-corrected chi connectivity index (χ2v) is 5.37. The van der Waals surface area contributed by atoms with Gasteiger partial charge in [0.25, 0.3) is 11.8 Å². The number of benzene rings is 1. The zero-order valence-corrected chi connectivity index (χ0v) is 14.6. The first-order valence-electron chi connectivity index (χ1n) is 7.88. The highest BCUT2D eigenvalue weighted by Gasteiger charge is 2.12. The van der Waals surface area contributed by atoms with Crippen molar-refractivity contribution in [1.82, 2.24) is 16.0 Å². The Morgan fingerprint density at radius 3 is 2.28 bits per heavy atom. The number of carbonyl (C=O) groups excluding carboxylic acids is 4. The topological polar surface area (TPSA) is 114 Å². The van der Waals surface area contributed by atoms with E-state index < -0.39 is 24.4 Å². The highest BCUT2D eigenvalue weighted by atomic mass is 16.5. The second kappa shape index (κ2) is 10.1. The van der Waals surface area contributed by atoms with Crippen molar-refractivity contribution in [2.24, 2.45) is 0 Å². The maximum atomic E-state index is 11.9. The van der Waals surface area contributed by atoms with Gasteiger partial charge in [0.2, 0.25) is 5.91 Å². The zero-order chi connectivity index (χ0) is 18.8. The predicted molar refractivity (Wildman–Crippen MR) is 90.9 cm³/mol. The summed E-state index contributed by atoms with van der Waals surface area (Å²) in [6.45, 7) is 4.99. The van der Waals surface area contributed by atoms with Gasteiger partial charge in [-0.1, -0.05) is 6.07 Å². The van der Waals surface area contributed by atoms with Crippen LogP contribution in [0.4, 0.5) is 0 Å². The average Bonchev–Trinajstić information content (AvgIpc) is 2.58. The molecule has 0 bridgehead atoms. The summed E-state index contributed by atoms with van der Waals surface area (Å²) in [5.74, 6) is -2.07. The molecule has 3 amide bonds. The number of nitrogens with one attached hydrogen (secondary N) is 3. The van der Waals surface area contributed by atoms with Crippen molar-refractivity contribution in [1.29, 1.82) is 0 Å². The molecule has 136 valence electrons. The maximum absolute atomic E-state index is 11.9. The summed E-state index contributed by atoms with van der Waals surface area (Å²) in [6, 6.07) is 5.21. The predicted octanol–water partition coefficient (Wildman–Crippen LogP) is -0.171. The zero-order valence-electron chi connectivity index (χ0n) is 14.6. The lowest BCUT2D eigenvalue weighted by molar-refractivity contribution is -0.147. The molecule has 0 radical (unpaired) electrons. The van der Waals surface area contributed by atoms with E-state index in [2.05, 4.69) is 16.0 Å². The van der Waals surface area contributed by atoms with Crippen molar-refractivity contribution >= 4 is 23.7 Å². The Bertz CT molecular complexity index is 658. The van der Waals surface area contributed by atoms with Crippen LogP contribution in [-0.2, 0) is 19.1 Å². The summed E-state index contributed by atoms with van der Waals surface area (Å²) in [4.78, 5) is 46.1. The third kappa shape index (κ3) is 7.47. The summed E-state index contributed by atoms with van der Waals surface area (Å²) < 4.78 is 4.73. The summed E-state index contributed by atoms with van der Waals surface area (Å²) in [7, 11) is 0. The van der Waals surface area contributed by atoms with Crippen molar-refractivity contribution in [2.75, 3.05) is 26.2 Å². The molecule has 0 heterocycles. The van der Waals surface area contributed by atoms with E-state index in [0.29, 0.717) is 12.1 Å². The van der Waals surface area contributed by atoms with Gasteiger partial charge in [-0.2, -0.15) is 0 Å². The molecule has 8 heteroatoms. The fraction of sp³-hybridized carbons (Fsp3) is 0.412. The first kappa shape index (κ1) is 20.1. The van der Waals surface area contributed by atoms with Gasteiger partial charge in [-0.05, 0) is 44.0 Å². The molecule has 0 saturated heterocycles. The number of likely N-dealkylation sites (N-methyl/N-ethyl adjacent to an activating group) is 1. The number of carbonyl (C=O) groups is 4. The van der Waals surface area contributed by atoms with Crippen LogP contribution in [-0.4, -0.2) is 49.9 Å². The minimum absolute atomic E-state index is 0.187. The normalized spacial score (nSPS) is 9.88. The fourth-order valence-electron chi connectivity index (χ4n) is 1.82. The molecule has 0 saturated carbocycles. The lowest BCUT2D eigenvalue weighted by Crippen LogP contribution is -2.39. The van der Waals surface area contributed by atoms with Gasteiger partial charge in [0.05, 0.1) is 6.54 Å². The Labute approximate surface area is 146 Å². The van der Waals surface area contributed by atoms with Crippen LogP contribution < -0.4 is 16.0 Å². The van der Waals surface area contributed by atoms with E-state index in [1.807, 2.05) is 19.9 Å². The van der Waals surface area contributed by atoms with E-state index in [1.54, 1.807) is 19.1 Å². The SMILES string of the molecule is CCNC(=O)CNC(=O)COC(=O)CNC(=O)c1ccc(C)c(C)c1. The van der Waals surface area contributed by atoms with Gasteiger partial charge < -0.3 is 20.7 Å². The molecular weight excluding hydrogens is 326 g/mol. The van der Waals surface area contributed by atoms with Crippen molar-refractivity contribution in [3.05, 3.63) is 34.9 Å². The Morgan fingerprint density at radius 2 is 1.64 bits per heavy atom. The lowest BCUT2D eigenvalue weighted by Gasteiger charge is -2.08. The number of esters is 1. The molecule has 25 heavy (non-hydrogen) atoms. The van der Waals surface area contributed by atoms with Crippen molar-refractivity contribution in [2.45, 2.75) is 20.8 Å². The number of aryl methyl sites for hydroxylation is 2. The molecule has 8 nitrogen and oxygen atoms in total. The summed E-state index contributed by atoms with van der Waals surface area (Å²) in [5, 5.41) is 7.25. The van der Waals surface area contributed by atoms with E-state index in [9.17, 15) is 19.2 Å². The van der Waals surface area contributed by atoms with Crippen LogP contribution in [0.25, 0.3) is 0 Å². The van der Waals surface area contributed by atoms with E-state index in [1.165, 1.54) is 0 Å². The van der Waals surface area contributed by atoms with Crippen molar-refractivity contribution < 1.29 is 23.9 Å². The molecular formula is C17H23N3O5. The molecule has 0 fully saturated rings. The van der Waals surface area contributed by atoms with Gasteiger partial charge in [-0.25, -0.2) is 0 Å². The Hall–Kier alpha value is -2.90. The molecule has 0 spiro atoms. The Morgan fingerprint density at radius 1 is 0.920 bits per heavy atom. The first-order chi connectivity index (χ1) is 11.8. The number of rotatable bonds is 8. The summed E-state index contributed by atoms with van der Waals surface area (Å²) in [5.41, 5.74) is 2.48. The quantitative estimate of drug-likeness (QED) is 0.564. The van der Waals surface area contributed by atoms with Crippen LogP contribution in [0.5, 0.6) is 0 Å². The standard InChI is InChI=1S/C17H23N3O5/c1-4-18-14(21)8-19-15(22)10-25-16(23)9-20-17(24)13-6-5-11(2)12(3)7-13/h5-7H,4,8-10H2,1-3H3,(H,18,21)(H,19,22)(H,20,24). The van der Waals surface area contributed by atoms with E-state index >= 15 is 0 Å². The highest BCUT2D eigenvalue weighted by Crippen LogP contribution is 2.09. The fourth-order valence-corrected chi connectivity index (χ4v) is 1.82.